The molecular formula is C19H24Cl2FNO2. The molecule has 0 aliphatic rings. The van der Waals surface area contributed by atoms with E-state index in [1.807, 2.05) is 12.1 Å². The van der Waals surface area contributed by atoms with Gasteiger partial charge in [-0.1, -0.05) is 23.7 Å². The lowest BCUT2D eigenvalue weighted by molar-refractivity contribution is 0.282. The summed E-state index contributed by atoms with van der Waals surface area (Å²) >= 11 is 6.08. The smallest absolute Gasteiger partial charge is 0.124 e. The molecule has 2 aromatic carbocycles. The van der Waals surface area contributed by atoms with E-state index in [1.54, 1.807) is 18.2 Å². The summed E-state index contributed by atoms with van der Waals surface area (Å²) in [6, 6.07) is 11.8. The normalized spacial score (nSPS) is 10.4. The maximum Gasteiger partial charge on any atom is 0.124 e. The van der Waals surface area contributed by atoms with Crippen molar-refractivity contribution in [2.75, 3.05) is 13.2 Å². The van der Waals surface area contributed by atoms with Crippen LogP contribution < -0.4 is 10.1 Å². The Hall–Kier alpha value is -1.33. The van der Waals surface area contributed by atoms with Gasteiger partial charge < -0.3 is 15.2 Å². The van der Waals surface area contributed by atoms with Gasteiger partial charge in [-0.05, 0) is 61.7 Å². The van der Waals surface area contributed by atoms with Crippen molar-refractivity contribution in [3.8, 4) is 5.75 Å². The largest absolute Gasteiger partial charge is 0.489 e. The summed E-state index contributed by atoms with van der Waals surface area (Å²) in [4.78, 5) is 0. The quantitative estimate of drug-likeness (QED) is 0.578. The van der Waals surface area contributed by atoms with Gasteiger partial charge in [-0.25, -0.2) is 4.39 Å². The van der Waals surface area contributed by atoms with Crippen LogP contribution in [-0.2, 0) is 13.2 Å². The number of ether oxygens (including phenoxy) is 1. The van der Waals surface area contributed by atoms with Gasteiger partial charge in [0.25, 0.3) is 0 Å². The molecule has 2 rings (SSSR count). The third-order valence-corrected chi connectivity index (χ3v) is 3.89. The molecule has 3 nitrogen and oxygen atoms in total. The van der Waals surface area contributed by atoms with Crippen molar-refractivity contribution in [1.82, 2.24) is 5.32 Å². The highest BCUT2D eigenvalue weighted by molar-refractivity contribution is 6.30. The number of aliphatic hydroxyl groups is 1. The Labute approximate surface area is 159 Å². The van der Waals surface area contributed by atoms with Gasteiger partial charge in [0.05, 0.1) is 0 Å². The number of halogens is 3. The number of hydrogen-bond donors (Lipinski definition) is 2. The van der Waals surface area contributed by atoms with Crippen molar-refractivity contribution in [2.45, 2.75) is 32.4 Å². The average molecular weight is 388 g/mol. The molecule has 138 valence electrons. The first kappa shape index (κ1) is 21.7. The topological polar surface area (TPSA) is 41.5 Å². The molecule has 2 N–H and O–H groups in total. The molecule has 0 aromatic heterocycles. The van der Waals surface area contributed by atoms with Gasteiger partial charge >= 0.3 is 0 Å². The van der Waals surface area contributed by atoms with Crippen LogP contribution in [0.1, 0.15) is 30.4 Å². The lowest BCUT2D eigenvalue weighted by Gasteiger charge is -2.13. The molecule has 0 saturated carbocycles. The zero-order valence-electron chi connectivity index (χ0n) is 14.0. The van der Waals surface area contributed by atoms with Crippen LogP contribution in [0.2, 0.25) is 5.02 Å². The minimum Gasteiger partial charge on any atom is -0.489 e. The van der Waals surface area contributed by atoms with E-state index < -0.39 is 0 Å². The van der Waals surface area contributed by atoms with Crippen LogP contribution in [-0.4, -0.2) is 18.3 Å². The van der Waals surface area contributed by atoms with Crippen molar-refractivity contribution in [1.29, 1.82) is 0 Å². The monoisotopic (exact) mass is 387 g/mol. The van der Waals surface area contributed by atoms with Gasteiger partial charge in [-0.2, -0.15) is 0 Å². The molecule has 0 bridgehead atoms. The van der Waals surface area contributed by atoms with E-state index in [2.05, 4.69) is 5.32 Å². The first-order valence-electron chi connectivity index (χ1n) is 8.16. The molecule has 0 unspecified atom stereocenters. The predicted molar refractivity (Wildman–Crippen MR) is 102 cm³/mol. The van der Waals surface area contributed by atoms with E-state index in [9.17, 15) is 4.39 Å². The molecular weight excluding hydrogens is 364 g/mol. The fourth-order valence-electron chi connectivity index (χ4n) is 2.33. The molecule has 2 aromatic rings. The van der Waals surface area contributed by atoms with E-state index in [-0.39, 0.29) is 24.8 Å². The fourth-order valence-corrected chi connectivity index (χ4v) is 2.53. The standard InChI is InChI=1S/C19H23ClFNO2.ClH/c20-17-6-9-19(24-14-15-4-7-18(21)8-5-15)16(12-17)13-22-10-2-1-3-11-23;/h4-9,12,22-23H,1-3,10-11,13-14H2;1H. The summed E-state index contributed by atoms with van der Waals surface area (Å²) in [5.74, 6) is 0.517. The SMILES string of the molecule is Cl.OCCCCCNCc1cc(Cl)ccc1OCc1ccc(F)cc1. The van der Waals surface area contributed by atoms with Crippen molar-refractivity contribution in [3.05, 3.63) is 64.4 Å². The Morgan fingerprint density at radius 3 is 2.52 bits per heavy atom. The average Bonchev–Trinajstić information content (AvgIpc) is 2.58. The van der Waals surface area contributed by atoms with E-state index >= 15 is 0 Å². The first-order chi connectivity index (χ1) is 11.7. The van der Waals surface area contributed by atoms with Crippen LogP contribution in [0, 0.1) is 5.82 Å². The highest BCUT2D eigenvalue weighted by Crippen LogP contribution is 2.24. The lowest BCUT2D eigenvalue weighted by atomic mass is 10.2. The lowest BCUT2D eigenvalue weighted by Crippen LogP contribution is -2.15. The molecule has 0 heterocycles. The van der Waals surface area contributed by atoms with Gasteiger partial charge in [0.2, 0.25) is 0 Å². The number of benzene rings is 2. The van der Waals surface area contributed by atoms with Crippen LogP contribution in [0.5, 0.6) is 5.75 Å². The Morgan fingerprint density at radius 1 is 1.04 bits per heavy atom. The van der Waals surface area contributed by atoms with Crippen LogP contribution >= 0.6 is 24.0 Å². The second kappa shape index (κ2) is 12.1. The Balaban J connectivity index is 0.00000312. The molecule has 0 fully saturated rings. The van der Waals surface area contributed by atoms with Gasteiger partial charge in [0.1, 0.15) is 18.2 Å². The van der Waals surface area contributed by atoms with E-state index in [0.717, 1.165) is 42.7 Å². The van der Waals surface area contributed by atoms with Gasteiger partial charge in [-0.3, -0.25) is 0 Å². The van der Waals surface area contributed by atoms with Gasteiger partial charge in [-0.15, -0.1) is 12.4 Å². The predicted octanol–water partition coefficient (Wildman–Crippen LogP) is 4.73. The zero-order chi connectivity index (χ0) is 17.2. The number of aliphatic hydroxyl groups excluding tert-OH is 1. The Bertz CT molecular complexity index is 623. The summed E-state index contributed by atoms with van der Waals surface area (Å²) in [6.45, 7) is 2.17. The maximum absolute atomic E-state index is 12.9. The molecule has 25 heavy (non-hydrogen) atoms. The van der Waals surface area contributed by atoms with Crippen molar-refractivity contribution < 1.29 is 14.2 Å². The van der Waals surface area contributed by atoms with E-state index in [4.69, 9.17) is 21.4 Å². The molecule has 0 radical (unpaired) electrons. The molecule has 0 saturated heterocycles. The minimum atomic E-state index is -0.253. The number of nitrogens with one attached hydrogen (secondary N) is 1. The third kappa shape index (κ3) is 8.06. The van der Waals surface area contributed by atoms with Crippen LogP contribution in [0.25, 0.3) is 0 Å². The Kier molecular flexibility index (Phi) is 10.5. The molecule has 0 amide bonds. The third-order valence-electron chi connectivity index (χ3n) is 3.66. The summed E-state index contributed by atoms with van der Waals surface area (Å²) in [7, 11) is 0. The van der Waals surface area contributed by atoms with Crippen LogP contribution in [0.15, 0.2) is 42.5 Å². The molecule has 6 heteroatoms. The van der Waals surface area contributed by atoms with Gasteiger partial charge in [0, 0.05) is 23.7 Å². The van der Waals surface area contributed by atoms with E-state index in [0.29, 0.717) is 18.2 Å². The van der Waals surface area contributed by atoms with Crippen LogP contribution in [0.4, 0.5) is 4.39 Å². The number of hydrogen-bond acceptors (Lipinski definition) is 3. The fraction of sp³-hybridized carbons (Fsp3) is 0.368. The maximum atomic E-state index is 12.9. The minimum absolute atomic E-state index is 0. The molecule has 0 spiro atoms. The van der Waals surface area contributed by atoms with Crippen molar-refractivity contribution >= 4 is 24.0 Å². The number of unbranched alkanes of at least 4 members (excludes halogenated alkanes) is 2. The van der Waals surface area contributed by atoms with E-state index in [1.165, 1.54) is 12.1 Å². The first-order valence-corrected chi connectivity index (χ1v) is 8.54. The zero-order valence-corrected chi connectivity index (χ0v) is 15.6. The summed E-state index contributed by atoms with van der Waals surface area (Å²) in [5.41, 5.74) is 1.90. The number of rotatable bonds is 10. The second-order valence-corrected chi connectivity index (χ2v) is 6.06. The molecule has 0 aliphatic carbocycles. The summed E-state index contributed by atoms with van der Waals surface area (Å²) in [5, 5.41) is 12.8. The molecule has 0 aliphatic heterocycles. The molecule has 0 atom stereocenters. The summed E-state index contributed by atoms with van der Waals surface area (Å²) in [6.07, 6.45) is 2.87. The second-order valence-electron chi connectivity index (χ2n) is 5.63. The highest BCUT2D eigenvalue weighted by Gasteiger charge is 2.06. The van der Waals surface area contributed by atoms with Crippen molar-refractivity contribution in [3.63, 3.8) is 0 Å². The highest BCUT2D eigenvalue weighted by atomic mass is 35.5. The Morgan fingerprint density at radius 2 is 1.80 bits per heavy atom. The van der Waals surface area contributed by atoms with Crippen LogP contribution in [0.3, 0.4) is 0 Å². The van der Waals surface area contributed by atoms with Crippen molar-refractivity contribution in [2.24, 2.45) is 0 Å². The van der Waals surface area contributed by atoms with Gasteiger partial charge in [0.15, 0.2) is 0 Å². The summed E-state index contributed by atoms with van der Waals surface area (Å²) < 4.78 is 18.8.